The maximum Gasteiger partial charge on any atom is 0.227 e. The Morgan fingerprint density at radius 1 is 1.25 bits per heavy atom. The van der Waals surface area contributed by atoms with Gasteiger partial charge in [-0.25, -0.2) is 9.37 Å². The topological polar surface area (TPSA) is 70.2 Å². The van der Waals surface area contributed by atoms with E-state index in [1.54, 1.807) is 30.5 Å². The van der Waals surface area contributed by atoms with Crippen molar-refractivity contribution in [1.29, 1.82) is 0 Å². The molecule has 0 unspecified atom stereocenters. The molecule has 1 aromatic carbocycles. The molecular weight excluding hydrogens is 309 g/mol. The zero-order valence-corrected chi connectivity index (χ0v) is 13.5. The normalized spacial score (nSPS) is 15.2. The molecule has 0 atom stereocenters. The van der Waals surface area contributed by atoms with Crippen molar-refractivity contribution < 1.29 is 9.18 Å². The van der Waals surface area contributed by atoms with Crippen LogP contribution in [0.4, 0.5) is 21.8 Å². The smallest absolute Gasteiger partial charge is 0.227 e. The number of hydrogen-bond acceptors (Lipinski definition) is 5. The summed E-state index contributed by atoms with van der Waals surface area (Å²) < 4.78 is 13.7. The first-order valence-electron chi connectivity index (χ1n) is 7.98. The summed E-state index contributed by atoms with van der Waals surface area (Å²) in [5.74, 6) is 0.835. The molecule has 2 aromatic rings. The zero-order chi connectivity index (χ0) is 16.9. The summed E-state index contributed by atoms with van der Waals surface area (Å²) in [6, 6.07) is 8.39. The SMILES string of the molecule is CC(=O)NC1CCN(c2nccc(Nc3ccccc3F)n2)CC1. The van der Waals surface area contributed by atoms with E-state index in [-0.39, 0.29) is 17.8 Å². The fraction of sp³-hybridized carbons (Fsp3) is 0.353. The zero-order valence-electron chi connectivity index (χ0n) is 13.5. The van der Waals surface area contributed by atoms with Crippen molar-refractivity contribution in [3.63, 3.8) is 0 Å². The Labute approximate surface area is 140 Å². The van der Waals surface area contributed by atoms with Crippen molar-refractivity contribution in [2.24, 2.45) is 0 Å². The number of nitrogens with one attached hydrogen (secondary N) is 2. The number of carbonyl (C=O) groups excluding carboxylic acids is 1. The van der Waals surface area contributed by atoms with Crippen LogP contribution in [-0.2, 0) is 4.79 Å². The van der Waals surface area contributed by atoms with Crippen molar-refractivity contribution in [3.8, 4) is 0 Å². The first-order valence-corrected chi connectivity index (χ1v) is 7.98. The Bertz CT molecular complexity index is 716. The van der Waals surface area contributed by atoms with E-state index in [4.69, 9.17) is 0 Å². The number of rotatable bonds is 4. The van der Waals surface area contributed by atoms with Gasteiger partial charge in [-0.3, -0.25) is 4.79 Å². The van der Waals surface area contributed by atoms with Crippen LogP contribution in [0.2, 0.25) is 0 Å². The highest BCUT2D eigenvalue weighted by Crippen LogP contribution is 2.21. The van der Waals surface area contributed by atoms with Gasteiger partial charge in [0, 0.05) is 32.3 Å². The maximum atomic E-state index is 13.7. The molecule has 0 aliphatic carbocycles. The van der Waals surface area contributed by atoms with Crippen LogP contribution < -0.4 is 15.5 Å². The summed E-state index contributed by atoms with van der Waals surface area (Å²) >= 11 is 0. The Morgan fingerprint density at radius 2 is 2.00 bits per heavy atom. The molecular formula is C17H20FN5O. The molecule has 1 amide bonds. The second-order valence-electron chi connectivity index (χ2n) is 5.81. The molecule has 0 bridgehead atoms. The largest absolute Gasteiger partial charge is 0.353 e. The number of para-hydroxylation sites is 1. The van der Waals surface area contributed by atoms with E-state index in [2.05, 4.69) is 25.5 Å². The van der Waals surface area contributed by atoms with E-state index in [1.807, 2.05) is 0 Å². The minimum Gasteiger partial charge on any atom is -0.353 e. The predicted octanol–water partition coefficient (Wildman–Crippen LogP) is 2.46. The van der Waals surface area contributed by atoms with Crippen LogP contribution in [0.1, 0.15) is 19.8 Å². The van der Waals surface area contributed by atoms with Crippen molar-refractivity contribution in [3.05, 3.63) is 42.3 Å². The van der Waals surface area contributed by atoms with Crippen LogP contribution in [0.5, 0.6) is 0 Å². The van der Waals surface area contributed by atoms with Crippen LogP contribution in [0, 0.1) is 5.82 Å². The Hall–Kier alpha value is -2.70. The third-order valence-electron chi connectivity index (χ3n) is 3.96. The molecule has 7 heteroatoms. The predicted molar refractivity (Wildman–Crippen MR) is 90.8 cm³/mol. The lowest BCUT2D eigenvalue weighted by Crippen LogP contribution is -2.44. The number of nitrogens with zero attached hydrogens (tertiary/aromatic N) is 3. The van der Waals surface area contributed by atoms with E-state index < -0.39 is 0 Å². The molecule has 6 nitrogen and oxygen atoms in total. The van der Waals surface area contributed by atoms with E-state index in [1.165, 1.54) is 13.0 Å². The Kier molecular flexibility index (Phi) is 4.88. The lowest BCUT2D eigenvalue weighted by molar-refractivity contribution is -0.119. The Morgan fingerprint density at radius 3 is 2.71 bits per heavy atom. The van der Waals surface area contributed by atoms with Crippen LogP contribution in [0.3, 0.4) is 0 Å². The van der Waals surface area contributed by atoms with E-state index in [0.717, 1.165) is 25.9 Å². The van der Waals surface area contributed by atoms with Gasteiger partial charge in [0.25, 0.3) is 0 Å². The number of piperidine rings is 1. The number of amides is 1. The summed E-state index contributed by atoms with van der Waals surface area (Å²) in [4.78, 5) is 22.0. The van der Waals surface area contributed by atoms with Gasteiger partial charge in [0.15, 0.2) is 0 Å². The second kappa shape index (κ2) is 7.25. The molecule has 1 aromatic heterocycles. The first kappa shape index (κ1) is 16.2. The molecule has 1 saturated heterocycles. The maximum absolute atomic E-state index is 13.7. The molecule has 24 heavy (non-hydrogen) atoms. The molecule has 0 radical (unpaired) electrons. The van der Waals surface area contributed by atoms with E-state index in [9.17, 15) is 9.18 Å². The minimum absolute atomic E-state index is 0.000727. The van der Waals surface area contributed by atoms with Gasteiger partial charge in [0.05, 0.1) is 5.69 Å². The summed E-state index contributed by atoms with van der Waals surface area (Å²) in [6.45, 7) is 3.08. The highest BCUT2D eigenvalue weighted by atomic mass is 19.1. The van der Waals surface area contributed by atoms with E-state index >= 15 is 0 Å². The molecule has 3 rings (SSSR count). The number of benzene rings is 1. The third kappa shape index (κ3) is 3.98. The molecule has 1 aliphatic rings. The van der Waals surface area contributed by atoms with Crippen molar-refractivity contribution in [1.82, 2.24) is 15.3 Å². The molecule has 126 valence electrons. The minimum atomic E-state index is -0.325. The fourth-order valence-corrected chi connectivity index (χ4v) is 2.78. The summed E-state index contributed by atoms with van der Waals surface area (Å²) in [5, 5.41) is 5.92. The number of hydrogen-bond donors (Lipinski definition) is 2. The lowest BCUT2D eigenvalue weighted by Gasteiger charge is -2.32. The highest BCUT2D eigenvalue weighted by molar-refractivity contribution is 5.73. The van der Waals surface area contributed by atoms with Crippen LogP contribution >= 0.6 is 0 Å². The van der Waals surface area contributed by atoms with Gasteiger partial charge in [-0.05, 0) is 31.0 Å². The second-order valence-corrected chi connectivity index (χ2v) is 5.81. The summed E-state index contributed by atoms with van der Waals surface area (Å²) in [5.41, 5.74) is 0.381. The number of anilines is 3. The first-order chi connectivity index (χ1) is 11.6. The van der Waals surface area contributed by atoms with Gasteiger partial charge in [-0.2, -0.15) is 4.98 Å². The van der Waals surface area contributed by atoms with Crippen molar-refractivity contribution in [2.45, 2.75) is 25.8 Å². The van der Waals surface area contributed by atoms with Gasteiger partial charge in [-0.1, -0.05) is 12.1 Å². The molecule has 2 N–H and O–H groups in total. The van der Waals surface area contributed by atoms with Crippen LogP contribution in [-0.4, -0.2) is 35.0 Å². The van der Waals surface area contributed by atoms with Gasteiger partial charge < -0.3 is 15.5 Å². The summed E-state index contributed by atoms with van der Waals surface area (Å²) in [7, 11) is 0. The van der Waals surface area contributed by atoms with Gasteiger partial charge in [-0.15, -0.1) is 0 Å². The van der Waals surface area contributed by atoms with Gasteiger partial charge in [0.2, 0.25) is 11.9 Å². The fourth-order valence-electron chi connectivity index (χ4n) is 2.78. The Balaban J connectivity index is 1.66. The van der Waals surface area contributed by atoms with E-state index in [0.29, 0.717) is 17.5 Å². The molecule has 2 heterocycles. The average Bonchev–Trinajstić information content (AvgIpc) is 2.57. The number of halogens is 1. The molecule has 0 saturated carbocycles. The van der Waals surface area contributed by atoms with Crippen LogP contribution in [0.25, 0.3) is 0 Å². The average molecular weight is 329 g/mol. The molecule has 0 spiro atoms. The number of carbonyl (C=O) groups is 1. The number of aromatic nitrogens is 2. The van der Waals surface area contributed by atoms with Gasteiger partial charge >= 0.3 is 0 Å². The molecule has 1 fully saturated rings. The highest BCUT2D eigenvalue weighted by Gasteiger charge is 2.21. The van der Waals surface area contributed by atoms with Gasteiger partial charge in [0.1, 0.15) is 11.6 Å². The monoisotopic (exact) mass is 329 g/mol. The van der Waals surface area contributed by atoms with Crippen molar-refractivity contribution >= 4 is 23.4 Å². The van der Waals surface area contributed by atoms with Crippen molar-refractivity contribution in [2.75, 3.05) is 23.3 Å². The molecule has 1 aliphatic heterocycles. The quantitative estimate of drug-likeness (QED) is 0.902. The summed E-state index contributed by atoms with van der Waals surface area (Å²) in [6.07, 6.45) is 3.37. The lowest BCUT2D eigenvalue weighted by atomic mass is 10.1. The third-order valence-corrected chi connectivity index (χ3v) is 3.96. The standard InChI is InChI=1S/C17H20FN5O/c1-12(24)20-13-7-10-23(11-8-13)17-19-9-6-16(22-17)21-15-5-3-2-4-14(15)18/h2-6,9,13H,7-8,10-11H2,1H3,(H,20,24)(H,19,21,22). The van der Waals surface area contributed by atoms with Crippen LogP contribution in [0.15, 0.2) is 36.5 Å².